The number of aromatic nitrogens is 2. The molecule has 0 bridgehead atoms. The van der Waals surface area contributed by atoms with Gasteiger partial charge >= 0.3 is 0 Å². The highest BCUT2D eigenvalue weighted by Gasteiger charge is 2.13. The van der Waals surface area contributed by atoms with Gasteiger partial charge in [-0.15, -0.1) is 0 Å². The summed E-state index contributed by atoms with van der Waals surface area (Å²) in [6, 6.07) is 5.03. The number of rotatable bonds is 4. The zero-order chi connectivity index (χ0) is 13.0. The summed E-state index contributed by atoms with van der Waals surface area (Å²) in [6.45, 7) is 0.620. The summed E-state index contributed by atoms with van der Waals surface area (Å²) in [4.78, 5) is 8.12. The number of nitrogens with one attached hydrogen (secondary N) is 1. The molecule has 1 heterocycles. The van der Waals surface area contributed by atoms with E-state index in [0.717, 1.165) is 5.56 Å². The Bertz CT molecular complexity index is 546. The van der Waals surface area contributed by atoms with Crippen LogP contribution in [0, 0.1) is 5.82 Å². The first-order valence-electron chi connectivity index (χ1n) is 5.54. The molecule has 0 spiro atoms. The lowest BCUT2D eigenvalue weighted by Crippen LogP contribution is -2.05. The minimum atomic E-state index is -0.332. The van der Waals surface area contributed by atoms with Crippen LogP contribution in [0.4, 0.5) is 4.39 Å². The van der Waals surface area contributed by atoms with E-state index in [-0.39, 0.29) is 5.82 Å². The second-order valence-electron chi connectivity index (χ2n) is 3.76. The maximum absolute atomic E-state index is 14.0. The van der Waals surface area contributed by atoms with Gasteiger partial charge in [-0.05, 0) is 24.7 Å². The van der Waals surface area contributed by atoms with Crippen molar-refractivity contribution in [1.29, 1.82) is 0 Å². The fourth-order valence-electron chi connectivity index (χ4n) is 1.72. The number of halogens is 1. The van der Waals surface area contributed by atoms with Crippen molar-refractivity contribution in [2.24, 2.45) is 0 Å². The zero-order valence-corrected chi connectivity index (χ0v) is 10.3. The molecule has 1 aromatic carbocycles. The molecule has 5 heteroatoms. The molecule has 2 rings (SSSR count). The van der Waals surface area contributed by atoms with Crippen LogP contribution < -0.4 is 10.1 Å². The first-order chi connectivity index (χ1) is 8.76. The van der Waals surface area contributed by atoms with Gasteiger partial charge in [0.25, 0.3) is 0 Å². The van der Waals surface area contributed by atoms with Gasteiger partial charge in [-0.2, -0.15) is 0 Å². The van der Waals surface area contributed by atoms with Crippen LogP contribution >= 0.6 is 0 Å². The number of methoxy groups -OCH3 is 1. The maximum atomic E-state index is 14.0. The van der Waals surface area contributed by atoms with Crippen molar-refractivity contribution in [2.45, 2.75) is 6.54 Å². The lowest BCUT2D eigenvalue weighted by molar-refractivity contribution is 0.397. The summed E-state index contributed by atoms with van der Waals surface area (Å²) in [5, 5.41) is 2.97. The third kappa shape index (κ3) is 2.46. The topological polar surface area (TPSA) is 47.0 Å². The van der Waals surface area contributed by atoms with Crippen LogP contribution in [0.2, 0.25) is 0 Å². The fraction of sp³-hybridized carbons (Fsp3) is 0.231. The van der Waals surface area contributed by atoms with Crippen LogP contribution in [0.1, 0.15) is 5.56 Å². The highest BCUT2D eigenvalue weighted by Crippen LogP contribution is 2.27. The van der Waals surface area contributed by atoms with E-state index in [1.165, 1.54) is 25.6 Å². The van der Waals surface area contributed by atoms with Gasteiger partial charge in [-0.3, -0.25) is 0 Å². The van der Waals surface area contributed by atoms with Gasteiger partial charge in [0.1, 0.15) is 11.5 Å². The van der Waals surface area contributed by atoms with Crippen LogP contribution in [-0.4, -0.2) is 24.1 Å². The second-order valence-corrected chi connectivity index (χ2v) is 3.76. The number of hydrogen-bond acceptors (Lipinski definition) is 4. The van der Waals surface area contributed by atoms with Gasteiger partial charge in [-0.25, -0.2) is 14.4 Å². The number of hydrogen-bond donors (Lipinski definition) is 1. The first-order valence-corrected chi connectivity index (χ1v) is 5.54. The van der Waals surface area contributed by atoms with E-state index in [4.69, 9.17) is 4.74 Å². The first kappa shape index (κ1) is 12.4. The molecule has 0 atom stereocenters. The average molecular weight is 247 g/mol. The van der Waals surface area contributed by atoms with E-state index >= 15 is 0 Å². The normalized spacial score (nSPS) is 10.4. The smallest absolute Gasteiger partial charge is 0.240 e. The van der Waals surface area contributed by atoms with E-state index in [2.05, 4.69) is 15.3 Å². The van der Waals surface area contributed by atoms with Crippen molar-refractivity contribution in [3.8, 4) is 17.1 Å². The summed E-state index contributed by atoms with van der Waals surface area (Å²) in [5.41, 5.74) is 1.68. The Morgan fingerprint density at radius 3 is 2.72 bits per heavy atom. The fourth-order valence-corrected chi connectivity index (χ4v) is 1.72. The van der Waals surface area contributed by atoms with Crippen molar-refractivity contribution < 1.29 is 9.13 Å². The third-order valence-electron chi connectivity index (χ3n) is 2.53. The van der Waals surface area contributed by atoms with Crippen molar-refractivity contribution >= 4 is 0 Å². The molecule has 0 saturated heterocycles. The Hall–Kier alpha value is -2.01. The van der Waals surface area contributed by atoms with Gasteiger partial charge in [0.2, 0.25) is 5.88 Å². The van der Waals surface area contributed by atoms with Crippen LogP contribution in [0.25, 0.3) is 11.3 Å². The Balaban J connectivity index is 2.44. The lowest BCUT2D eigenvalue weighted by atomic mass is 10.1. The minimum absolute atomic E-state index is 0.317. The van der Waals surface area contributed by atoms with E-state index in [0.29, 0.717) is 23.7 Å². The molecule has 0 saturated carbocycles. The summed E-state index contributed by atoms with van der Waals surface area (Å²) < 4.78 is 19.1. The molecule has 0 unspecified atom stereocenters. The van der Waals surface area contributed by atoms with Gasteiger partial charge < -0.3 is 10.1 Å². The SMILES string of the molecule is CNCc1ccc(-c2nccnc2OC)c(F)c1. The molecule has 4 nitrogen and oxygen atoms in total. The summed E-state index contributed by atoms with van der Waals surface area (Å²) in [5.74, 6) is -0.0145. The van der Waals surface area contributed by atoms with Crippen molar-refractivity contribution in [3.63, 3.8) is 0 Å². The zero-order valence-electron chi connectivity index (χ0n) is 10.3. The molecule has 1 aromatic heterocycles. The van der Waals surface area contributed by atoms with Crippen LogP contribution in [0.15, 0.2) is 30.6 Å². The van der Waals surface area contributed by atoms with Gasteiger partial charge in [0, 0.05) is 24.5 Å². The molecule has 0 aliphatic heterocycles. The van der Waals surface area contributed by atoms with Crippen LogP contribution in [0.5, 0.6) is 5.88 Å². The van der Waals surface area contributed by atoms with Gasteiger partial charge in [-0.1, -0.05) is 6.07 Å². The van der Waals surface area contributed by atoms with E-state index in [1.54, 1.807) is 6.07 Å². The highest BCUT2D eigenvalue weighted by molar-refractivity contribution is 5.65. The maximum Gasteiger partial charge on any atom is 0.240 e. The van der Waals surface area contributed by atoms with E-state index in [1.807, 2.05) is 13.1 Å². The van der Waals surface area contributed by atoms with Gasteiger partial charge in [0.15, 0.2) is 0 Å². The number of nitrogens with zero attached hydrogens (tertiary/aromatic N) is 2. The van der Waals surface area contributed by atoms with Crippen molar-refractivity contribution in [3.05, 3.63) is 42.0 Å². The molecule has 1 N–H and O–H groups in total. The molecule has 0 fully saturated rings. The second kappa shape index (κ2) is 5.55. The third-order valence-corrected chi connectivity index (χ3v) is 2.53. The summed E-state index contributed by atoms with van der Waals surface area (Å²) in [6.07, 6.45) is 3.02. The van der Waals surface area contributed by atoms with Crippen molar-refractivity contribution in [2.75, 3.05) is 14.2 Å². The summed E-state index contributed by atoms with van der Waals surface area (Å²) in [7, 11) is 3.30. The molecule has 18 heavy (non-hydrogen) atoms. The molecule has 0 aliphatic carbocycles. The van der Waals surface area contributed by atoms with E-state index in [9.17, 15) is 4.39 Å². The number of benzene rings is 1. The van der Waals surface area contributed by atoms with Crippen LogP contribution in [-0.2, 0) is 6.54 Å². The standard InChI is InChI=1S/C13H14FN3O/c1-15-8-9-3-4-10(11(14)7-9)12-13(18-2)17-6-5-16-12/h3-7,15H,8H2,1-2H3. The van der Waals surface area contributed by atoms with Crippen LogP contribution in [0.3, 0.4) is 0 Å². The Morgan fingerprint density at radius 2 is 2.06 bits per heavy atom. The number of ether oxygens (including phenoxy) is 1. The lowest BCUT2D eigenvalue weighted by Gasteiger charge is -2.08. The largest absolute Gasteiger partial charge is 0.479 e. The van der Waals surface area contributed by atoms with E-state index < -0.39 is 0 Å². The molecule has 0 aliphatic rings. The predicted molar refractivity (Wildman–Crippen MR) is 66.7 cm³/mol. The molecule has 2 aromatic rings. The molecular weight excluding hydrogens is 233 g/mol. The Morgan fingerprint density at radius 1 is 1.28 bits per heavy atom. The highest BCUT2D eigenvalue weighted by atomic mass is 19.1. The Labute approximate surface area is 105 Å². The predicted octanol–water partition coefficient (Wildman–Crippen LogP) is 2.01. The molecule has 0 radical (unpaired) electrons. The molecule has 0 amide bonds. The molecular formula is C13H14FN3O. The Kier molecular flexibility index (Phi) is 3.84. The summed E-state index contributed by atoms with van der Waals surface area (Å²) >= 11 is 0. The van der Waals surface area contributed by atoms with Crippen molar-refractivity contribution in [1.82, 2.24) is 15.3 Å². The van der Waals surface area contributed by atoms with Gasteiger partial charge in [0.05, 0.1) is 7.11 Å². The minimum Gasteiger partial charge on any atom is -0.479 e. The monoisotopic (exact) mass is 247 g/mol. The average Bonchev–Trinajstić information content (AvgIpc) is 2.39. The molecule has 94 valence electrons. The quantitative estimate of drug-likeness (QED) is 0.897.